The lowest BCUT2D eigenvalue weighted by molar-refractivity contribution is 0.0946. The lowest BCUT2D eigenvalue weighted by Gasteiger charge is -2.27. The monoisotopic (exact) mass is 313 g/mol. The number of piperazine rings is 1. The van der Waals surface area contributed by atoms with Crippen molar-refractivity contribution >= 4 is 5.91 Å². The Balaban J connectivity index is 1.58. The van der Waals surface area contributed by atoms with Crippen LogP contribution >= 0.6 is 0 Å². The number of hydrogen-bond acceptors (Lipinski definition) is 4. The molecule has 6 nitrogen and oxygen atoms in total. The summed E-state index contributed by atoms with van der Waals surface area (Å²) in [7, 11) is 0. The first-order chi connectivity index (χ1) is 11.2. The van der Waals surface area contributed by atoms with E-state index in [1.807, 2.05) is 37.3 Å². The average molecular weight is 313 g/mol. The average Bonchev–Trinajstić information content (AvgIpc) is 2.98. The van der Waals surface area contributed by atoms with E-state index in [0.29, 0.717) is 12.1 Å². The number of aryl methyl sites for hydroxylation is 1. The highest BCUT2D eigenvalue weighted by Crippen LogP contribution is 2.11. The van der Waals surface area contributed by atoms with Gasteiger partial charge in [0, 0.05) is 45.5 Å². The van der Waals surface area contributed by atoms with Crippen LogP contribution in [-0.2, 0) is 0 Å². The number of carbonyl (C=O) groups excluding carboxylic acids is 1. The van der Waals surface area contributed by atoms with Crippen molar-refractivity contribution < 1.29 is 4.79 Å². The minimum atomic E-state index is -0.0557. The van der Waals surface area contributed by atoms with Crippen LogP contribution in [0, 0.1) is 6.92 Å². The second kappa shape index (κ2) is 7.39. The van der Waals surface area contributed by atoms with Gasteiger partial charge in [-0.3, -0.25) is 9.69 Å². The number of carbonyl (C=O) groups is 1. The molecule has 1 fully saturated rings. The zero-order valence-electron chi connectivity index (χ0n) is 13.5. The molecule has 0 bridgehead atoms. The number of aromatic nitrogens is 2. The van der Waals surface area contributed by atoms with Crippen molar-refractivity contribution in [3.05, 3.63) is 47.8 Å². The molecule has 0 spiro atoms. The molecule has 0 aliphatic carbocycles. The minimum absolute atomic E-state index is 0.0557. The van der Waals surface area contributed by atoms with Gasteiger partial charge in [0.15, 0.2) is 0 Å². The Labute approximate surface area is 136 Å². The Hall–Kier alpha value is -2.18. The van der Waals surface area contributed by atoms with Crippen LogP contribution in [0.5, 0.6) is 0 Å². The summed E-state index contributed by atoms with van der Waals surface area (Å²) in [4.78, 5) is 14.7. The number of nitrogens with one attached hydrogen (secondary N) is 2. The summed E-state index contributed by atoms with van der Waals surface area (Å²) in [6.45, 7) is 7.55. The van der Waals surface area contributed by atoms with E-state index in [1.165, 1.54) is 0 Å². The molecule has 1 aliphatic heterocycles. The molecule has 0 radical (unpaired) electrons. The van der Waals surface area contributed by atoms with Crippen molar-refractivity contribution in [3.8, 4) is 5.69 Å². The number of amides is 1. The summed E-state index contributed by atoms with van der Waals surface area (Å²) < 4.78 is 1.75. The molecular formula is C17H23N5O. The summed E-state index contributed by atoms with van der Waals surface area (Å²) in [5.41, 5.74) is 2.33. The Morgan fingerprint density at radius 1 is 1.26 bits per heavy atom. The van der Waals surface area contributed by atoms with Crippen molar-refractivity contribution in [2.24, 2.45) is 0 Å². The summed E-state index contributed by atoms with van der Waals surface area (Å²) >= 11 is 0. The number of nitrogens with zero attached hydrogens (tertiary/aromatic N) is 3. The zero-order chi connectivity index (χ0) is 16.1. The Morgan fingerprint density at radius 2 is 2.00 bits per heavy atom. The van der Waals surface area contributed by atoms with Crippen LogP contribution in [-0.4, -0.2) is 59.9 Å². The normalized spacial score (nSPS) is 15.5. The molecule has 6 heteroatoms. The summed E-state index contributed by atoms with van der Waals surface area (Å²) in [6, 6.07) is 9.82. The Kier molecular flexibility index (Phi) is 5.05. The molecule has 23 heavy (non-hydrogen) atoms. The Morgan fingerprint density at radius 3 is 2.74 bits per heavy atom. The predicted octanol–water partition coefficient (Wildman–Crippen LogP) is 0.816. The molecule has 2 aromatic rings. The van der Waals surface area contributed by atoms with E-state index in [2.05, 4.69) is 20.6 Å². The highest BCUT2D eigenvalue weighted by atomic mass is 16.1. The molecular weight excluding hydrogens is 290 g/mol. The number of benzene rings is 1. The SMILES string of the molecule is Cc1nn(-c2ccccc2)cc1C(=O)NCCN1CCNCC1. The van der Waals surface area contributed by atoms with Crippen LogP contribution in [0.2, 0.25) is 0 Å². The Bertz CT molecular complexity index is 646. The van der Waals surface area contributed by atoms with Crippen LogP contribution in [0.15, 0.2) is 36.5 Å². The first-order valence-corrected chi connectivity index (χ1v) is 8.07. The second-order valence-electron chi connectivity index (χ2n) is 5.76. The van der Waals surface area contributed by atoms with Crippen LogP contribution in [0.4, 0.5) is 0 Å². The third kappa shape index (κ3) is 3.97. The van der Waals surface area contributed by atoms with E-state index in [9.17, 15) is 4.79 Å². The number of para-hydroxylation sites is 1. The molecule has 0 saturated carbocycles. The van der Waals surface area contributed by atoms with Crippen LogP contribution in [0.1, 0.15) is 16.1 Å². The highest BCUT2D eigenvalue weighted by Gasteiger charge is 2.15. The molecule has 0 atom stereocenters. The maximum atomic E-state index is 12.4. The van der Waals surface area contributed by atoms with Gasteiger partial charge in [-0.05, 0) is 19.1 Å². The third-order valence-electron chi connectivity index (χ3n) is 4.09. The summed E-state index contributed by atoms with van der Waals surface area (Å²) in [5, 5.41) is 10.8. The number of hydrogen-bond donors (Lipinski definition) is 2. The van der Waals surface area contributed by atoms with Gasteiger partial charge in [-0.25, -0.2) is 4.68 Å². The van der Waals surface area contributed by atoms with Gasteiger partial charge in [-0.2, -0.15) is 5.10 Å². The maximum Gasteiger partial charge on any atom is 0.254 e. The first-order valence-electron chi connectivity index (χ1n) is 8.07. The van der Waals surface area contributed by atoms with Gasteiger partial charge in [-0.1, -0.05) is 18.2 Å². The summed E-state index contributed by atoms with van der Waals surface area (Å²) in [5.74, 6) is -0.0557. The first kappa shape index (κ1) is 15.7. The third-order valence-corrected chi connectivity index (χ3v) is 4.09. The quantitative estimate of drug-likeness (QED) is 0.858. The van der Waals surface area contributed by atoms with Crippen molar-refractivity contribution in [2.45, 2.75) is 6.92 Å². The van der Waals surface area contributed by atoms with Crippen molar-refractivity contribution in [1.29, 1.82) is 0 Å². The molecule has 0 unspecified atom stereocenters. The van der Waals surface area contributed by atoms with E-state index in [-0.39, 0.29) is 5.91 Å². The fourth-order valence-corrected chi connectivity index (χ4v) is 2.75. The van der Waals surface area contributed by atoms with E-state index in [1.54, 1.807) is 10.9 Å². The summed E-state index contributed by atoms with van der Waals surface area (Å²) in [6.07, 6.45) is 1.80. The maximum absolute atomic E-state index is 12.4. The molecule has 2 N–H and O–H groups in total. The standard InChI is InChI=1S/C17H23N5O/c1-14-16(13-22(20-14)15-5-3-2-4-6-15)17(23)19-9-12-21-10-7-18-8-11-21/h2-6,13,18H,7-12H2,1H3,(H,19,23). The molecule has 1 amide bonds. The van der Waals surface area contributed by atoms with Crippen molar-refractivity contribution in [2.75, 3.05) is 39.3 Å². The molecule has 122 valence electrons. The fourth-order valence-electron chi connectivity index (χ4n) is 2.75. The molecule has 1 aromatic heterocycles. The van der Waals surface area contributed by atoms with E-state index in [4.69, 9.17) is 0 Å². The van der Waals surface area contributed by atoms with Gasteiger partial charge in [0.1, 0.15) is 0 Å². The second-order valence-corrected chi connectivity index (χ2v) is 5.76. The lowest BCUT2D eigenvalue weighted by Crippen LogP contribution is -2.46. The van der Waals surface area contributed by atoms with E-state index in [0.717, 1.165) is 44.1 Å². The highest BCUT2D eigenvalue weighted by molar-refractivity contribution is 5.95. The van der Waals surface area contributed by atoms with Crippen LogP contribution in [0.25, 0.3) is 5.69 Å². The van der Waals surface area contributed by atoms with E-state index >= 15 is 0 Å². The largest absolute Gasteiger partial charge is 0.351 e. The van der Waals surface area contributed by atoms with Crippen LogP contribution < -0.4 is 10.6 Å². The predicted molar refractivity (Wildman–Crippen MR) is 89.9 cm³/mol. The zero-order valence-corrected chi connectivity index (χ0v) is 13.5. The molecule has 1 aliphatic rings. The van der Waals surface area contributed by atoms with Gasteiger partial charge in [-0.15, -0.1) is 0 Å². The van der Waals surface area contributed by atoms with Crippen molar-refractivity contribution in [1.82, 2.24) is 25.3 Å². The van der Waals surface area contributed by atoms with Gasteiger partial charge in [0.25, 0.3) is 5.91 Å². The van der Waals surface area contributed by atoms with Crippen molar-refractivity contribution in [3.63, 3.8) is 0 Å². The smallest absolute Gasteiger partial charge is 0.254 e. The lowest BCUT2D eigenvalue weighted by atomic mass is 10.2. The minimum Gasteiger partial charge on any atom is -0.351 e. The molecule has 1 saturated heterocycles. The van der Waals surface area contributed by atoms with Gasteiger partial charge in [0.05, 0.1) is 16.9 Å². The number of rotatable bonds is 5. The van der Waals surface area contributed by atoms with E-state index < -0.39 is 0 Å². The van der Waals surface area contributed by atoms with Gasteiger partial charge < -0.3 is 10.6 Å². The molecule has 1 aromatic carbocycles. The molecule has 2 heterocycles. The van der Waals surface area contributed by atoms with Gasteiger partial charge in [0.2, 0.25) is 0 Å². The van der Waals surface area contributed by atoms with Crippen LogP contribution in [0.3, 0.4) is 0 Å². The fraction of sp³-hybridized carbons (Fsp3) is 0.412. The van der Waals surface area contributed by atoms with Gasteiger partial charge >= 0.3 is 0 Å². The molecule has 3 rings (SSSR count). The topological polar surface area (TPSA) is 62.2 Å².